The number of likely N-dealkylation sites (tertiary alicyclic amines) is 1. The Morgan fingerprint density at radius 1 is 1.29 bits per heavy atom. The zero-order valence-corrected chi connectivity index (χ0v) is 12.0. The molecule has 1 saturated carbocycles. The highest BCUT2D eigenvalue weighted by Crippen LogP contribution is 2.29. The zero-order chi connectivity index (χ0) is 14.2. The van der Waals surface area contributed by atoms with Crippen molar-refractivity contribution in [2.45, 2.75) is 37.9 Å². The molecule has 2 aromatic heterocycles. The van der Waals surface area contributed by atoms with E-state index in [4.69, 9.17) is 0 Å². The van der Waals surface area contributed by atoms with E-state index >= 15 is 0 Å². The molecule has 1 atom stereocenters. The Bertz CT molecular complexity index is 707. The Morgan fingerprint density at radius 2 is 2.19 bits per heavy atom. The summed E-state index contributed by atoms with van der Waals surface area (Å²) in [4.78, 5) is 19.2. The van der Waals surface area contributed by atoms with Crippen LogP contribution in [0.25, 0.3) is 5.65 Å². The number of pyridine rings is 1. The van der Waals surface area contributed by atoms with Gasteiger partial charge in [-0.15, -0.1) is 0 Å². The molecule has 1 N–H and O–H groups in total. The van der Waals surface area contributed by atoms with Crippen LogP contribution in [0.3, 0.4) is 0 Å². The van der Waals surface area contributed by atoms with Crippen molar-refractivity contribution in [3.63, 3.8) is 0 Å². The normalized spacial score (nSPS) is 23.0. The van der Waals surface area contributed by atoms with Crippen LogP contribution < -0.4 is 10.9 Å². The molecule has 0 bridgehead atoms. The fraction of sp³-hybridized carbons (Fsp3) is 0.500. The second kappa shape index (κ2) is 5.24. The minimum atomic E-state index is -0.0107. The first kappa shape index (κ1) is 13.0. The average molecular weight is 284 g/mol. The van der Waals surface area contributed by atoms with Gasteiger partial charge in [-0.1, -0.05) is 6.07 Å². The van der Waals surface area contributed by atoms with E-state index in [0.29, 0.717) is 18.2 Å². The molecular formula is C16H20N4O. The molecule has 1 unspecified atom stereocenters. The lowest BCUT2D eigenvalue weighted by Crippen LogP contribution is -2.33. The molecule has 5 heteroatoms. The number of rotatable bonds is 4. The summed E-state index contributed by atoms with van der Waals surface area (Å²) in [6.07, 6.45) is 5.70. The molecule has 1 aliphatic carbocycles. The molecule has 0 spiro atoms. The molecule has 0 amide bonds. The molecule has 4 rings (SSSR count). The van der Waals surface area contributed by atoms with Crippen molar-refractivity contribution < 1.29 is 0 Å². The molecule has 21 heavy (non-hydrogen) atoms. The van der Waals surface area contributed by atoms with E-state index in [9.17, 15) is 4.79 Å². The fourth-order valence-corrected chi connectivity index (χ4v) is 3.17. The van der Waals surface area contributed by atoms with Gasteiger partial charge in [-0.05, 0) is 31.4 Å². The van der Waals surface area contributed by atoms with E-state index < -0.39 is 0 Å². The van der Waals surface area contributed by atoms with Crippen molar-refractivity contribution in [1.29, 1.82) is 0 Å². The third-order valence-corrected chi connectivity index (χ3v) is 4.48. The van der Waals surface area contributed by atoms with Crippen LogP contribution in [0.2, 0.25) is 0 Å². The smallest absolute Gasteiger partial charge is 0.258 e. The number of nitrogens with zero attached hydrogens (tertiary/aromatic N) is 3. The molecule has 0 radical (unpaired) electrons. The van der Waals surface area contributed by atoms with Gasteiger partial charge in [0.05, 0.1) is 5.69 Å². The second-order valence-corrected chi connectivity index (χ2v) is 6.11. The van der Waals surface area contributed by atoms with E-state index in [0.717, 1.165) is 18.3 Å². The second-order valence-electron chi connectivity index (χ2n) is 6.11. The molecule has 5 nitrogen and oxygen atoms in total. The highest BCUT2D eigenvalue weighted by molar-refractivity contribution is 5.37. The maximum absolute atomic E-state index is 12.0. The first-order valence-corrected chi connectivity index (χ1v) is 7.74. The summed E-state index contributed by atoms with van der Waals surface area (Å²) in [5, 5.41) is 3.55. The van der Waals surface area contributed by atoms with Gasteiger partial charge in [0, 0.05) is 44.0 Å². The van der Waals surface area contributed by atoms with Crippen molar-refractivity contribution in [1.82, 2.24) is 19.6 Å². The lowest BCUT2D eigenvalue weighted by atomic mass is 10.2. The first-order valence-electron chi connectivity index (χ1n) is 7.74. The van der Waals surface area contributed by atoms with E-state index in [1.165, 1.54) is 25.8 Å². The van der Waals surface area contributed by atoms with Gasteiger partial charge < -0.3 is 5.32 Å². The van der Waals surface area contributed by atoms with Crippen LogP contribution >= 0.6 is 0 Å². The molecule has 2 fully saturated rings. The monoisotopic (exact) mass is 284 g/mol. The fourth-order valence-electron chi connectivity index (χ4n) is 3.17. The molecule has 110 valence electrons. The summed E-state index contributed by atoms with van der Waals surface area (Å²) in [5.74, 6) is 0. The Kier molecular flexibility index (Phi) is 3.24. The first-order chi connectivity index (χ1) is 10.3. The molecule has 3 heterocycles. The van der Waals surface area contributed by atoms with Crippen molar-refractivity contribution in [3.8, 4) is 0 Å². The Balaban J connectivity index is 1.44. The maximum atomic E-state index is 12.0. The lowest BCUT2D eigenvalue weighted by molar-refractivity contribution is 0.317. The summed E-state index contributed by atoms with van der Waals surface area (Å²) in [6.45, 7) is 3.01. The average Bonchev–Trinajstić information content (AvgIpc) is 3.24. The van der Waals surface area contributed by atoms with Crippen molar-refractivity contribution in [3.05, 3.63) is 46.5 Å². The van der Waals surface area contributed by atoms with Gasteiger partial charge >= 0.3 is 0 Å². The van der Waals surface area contributed by atoms with E-state index in [-0.39, 0.29) is 5.56 Å². The third-order valence-electron chi connectivity index (χ3n) is 4.48. The molecule has 0 aromatic carbocycles. The zero-order valence-electron chi connectivity index (χ0n) is 12.0. The highest BCUT2D eigenvalue weighted by atomic mass is 16.1. The van der Waals surface area contributed by atoms with Crippen LogP contribution in [0, 0.1) is 0 Å². The molecular weight excluding hydrogens is 264 g/mol. The van der Waals surface area contributed by atoms with Crippen LogP contribution in [0.15, 0.2) is 35.3 Å². The van der Waals surface area contributed by atoms with Crippen LogP contribution in [0.1, 0.15) is 25.0 Å². The molecule has 1 saturated heterocycles. The summed E-state index contributed by atoms with van der Waals surface area (Å²) in [6, 6.07) is 8.63. The number of fused-ring (bicyclic) bond motifs is 1. The van der Waals surface area contributed by atoms with E-state index in [1.807, 2.05) is 18.2 Å². The van der Waals surface area contributed by atoms with Gasteiger partial charge in [-0.3, -0.25) is 14.1 Å². The molecule has 2 aliphatic rings. The van der Waals surface area contributed by atoms with Gasteiger partial charge in [0.1, 0.15) is 5.65 Å². The van der Waals surface area contributed by atoms with Gasteiger partial charge in [0.25, 0.3) is 5.56 Å². The van der Waals surface area contributed by atoms with E-state index in [2.05, 4.69) is 15.2 Å². The maximum Gasteiger partial charge on any atom is 0.258 e. The highest BCUT2D eigenvalue weighted by Gasteiger charge is 2.34. The van der Waals surface area contributed by atoms with Gasteiger partial charge in [0.2, 0.25) is 0 Å². The van der Waals surface area contributed by atoms with Crippen LogP contribution in [-0.4, -0.2) is 39.5 Å². The minimum absolute atomic E-state index is 0.0107. The van der Waals surface area contributed by atoms with Gasteiger partial charge in [0.15, 0.2) is 0 Å². The Hall–Kier alpha value is -1.72. The number of hydrogen-bond acceptors (Lipinski definition) is 4. The van der Waals surface area contributed by atoms with E-state index in [1.54, 1.807) is 16.7 Å². The van der Waals surface area contributed by atoms with Gasteiger partial charge in [-0.2, -0.15) is 0 Å². The molecule has 1 aliphatic heterocycles. The standard InChI is InChI=1S/C16H20N4O/c21-16-9-13(18-15-3-1-2-7-20(15)16)10-17-12-6-8-19(11-12)14-4-5-14/h1-3,7,9,12,14,17H,4-6,8,10-11H2. The number of nitrogens with one attached hydrogen (secondary N) is 1. The van der Waals surface area contributed by atoms with Crippen LogP contribution in [0.4, 0.5) is 0 Å². The lowest BCUT2D eigenvalue weighted by Gasteiger charge is -2.15. The Morgan fingerprint density at radius 3 is 3.05 bits per heavy atom. The van der Waals surface area contributed by atoms with Crippen LogP contribution in [-0.2, 0) is 6.54 Å². The quantitative estimate of drug-likeness (QED) is 0.911. The SMILES string of the molecule is O=c1cc(CNC2CCN(C3CC3)C2)nc2ccccn12. The number of aromatic nitrogens is 2. The summed E-state index contributed by atoms with van der Waals surface area (Å²) in [5.41, 5.74) is 1.53. The summed E-state index contributed by atoms with van der Waals surface area (Å²) < 4.78 is 1.58. The Labute approximate surface area is 123 Å². The predicted molar refractivity (Wildman–Crippen MR) is 81.3 cm³/mol. The predicted octanol–water partition coefficient (Wildman–Crippen LogP) is 1.02. The summed E-state index contributed by atoms with van der Waals surface area (Å²) in [7, 11) is 0. The largest absolute Gasteiger partial charge is 0.307 e. The topological polar surface area (TPSA) is 49.6 Å². The van der Waals surface area contributed by atoms with Crippen molar-refractivity contribution >= 4 is 5.65 Å². The number of hydrogen-bond donors (Lipinski definition) is 1. The molecule has 2 aromatic rings. The third kappa shape index (κ3) is 2.71. The van der Waals surface area contributed by atoms with Crippen molar-refractivity contribution in [2.24, 2.45) is 0 Å². The van der Waals surface area contributed by atoms with Crippen LogP contribution in [0.5, 0.6) is 0 Å². The van der Waals surface area contributed by atoms with Crippen molar-refractivity contribution in [2.75, 3.05) is 13.1 Å². The summed E-state index contributed by atoms with van der Waals surface area (Å²) >= 11 is 0. The minimum Gasteiger partial charge on any atom is -0.307 e. The van der Waals surface area contributed by atoms with Gasteiger partial charge in [-0.25, -0.2) is 4.98 Å².